The van der Waals surface area contributed by atoms with Crippen molar-refractivity contribution < 1.29 is 23.9 Å². The summed E-state index contributed by atoms with van der Waals surface area (Å²) in [6.45, 7) is 3.91. The van der Waals surface area contributed by atoms with E-state index in [1.165, 1.54) is 5.56 Å². The molecule has 202 valence electrons. The van der Waals surface area contributed by atoms with E-state index < -0.39 is 23.3 Å². The largest absolute Gasteiger partial charge is 0.378 e. The number of urea groups is 1. The first-order chi connectivity index (χ1) is 17.9. The van der Waals surface area contributed by atoms with Crippen molar-refractivity contribution in [2.45, 2.75) is 88.8 Å². The van der Waals surface area contributed by atoms with E-state index in [1.807, 2.05) is 31.2 Å². The molecule has 3 aliphatic rings. The third-order valence-electron chi connectivity index (χ3n) is 7.92. The zero-order chi connectivity index (χ0) is 26.3. The quantitative estimate of drug-likeness (QED) is 0.440. The van der Waals surface area contributed by atoms with Gasteiger partial charge in [-0.1, -0.05) is 63.3 Å². The summed E-state index contributed by atoms with van der Waals surface area (Å²) < 4.78 is 5.34. The predicted molar refractivity (Wildman–Crippen MR) is 139 cm³/mol. The zero-order valence-electron chi connectivity index (χ0n) is 21.9. The van der Waals surface area contributed by atoms with Gasteiger partial charge in [0.1, 0.15) is 5.54 Å². The summed E-state index contributed by atoms with van der Waals surface area (Å²) in [4.78, 5) is 54.7. The number of carbonyl (C=O) groups is 4. The van der Waals surface area contributed by atoms with Crippen molar-refractivity contribution in [2.24, 2.45) is 0 Å². The fourth-order valence-corrected chi connectivity index (χ4v) is 5.68. The summed E-state index contributed by atoms with van der Waals surface area (Å²) in [5, 5.41) is 8.80. The maximum absolute atomic E-state index is 13.7. The highest BCUT2D eigenvalue weighted by molar-refractivity contribution is 6.38. The van der Waals surface area contributed by atoms with Crippen LogP contribution in [-0.4, -0.2) is 66.4 Å². The molecule has 0 radical (unpaired) electrons. The number of ketones is 1. The second-order valence-electron chi connectivity index (χ2n) is 10.5. The highest BCUT2D eigenvalue weighted by Gasteiger charge is 2.43. The zero-order valence-corrected chi connectivity index (χ0v) is 21.9. The number of nitrogens with zero attached hydrogens (tertiary/aromatic N) is 1. The summed E-state index contributed by atoms with van der Waals surface area (Å²) in [5.74, 6) is -1.67. The van der Waals surface area contributed by atoms with Crippen molar-refractivity contribution in [2.75, 3.05) is 26.3 Å². The Kier molecular flexibility index (Phi) is 9.18. The van der Waals surface area contributed by atoms with Gasteiger partial charge < -0.3 is 25.6 Å². The molecule has 1 heterocycles. The Bertz CT molecular complexity index is 985. The van der Waals surface area contributed by atoms with Crippen LogP contribution < -0.4 is 16.0 Å². The minimum absolute atomic E-state index is 0.201. The Morgan fingerprint density at radius 3 is 2.54 bits per heavy atom. The van der Waals surface area contributed by atoms with Crippen LogP contribution in [0.15, 0.2) is 24.3 Å². The van der Waals surface area contributed by atoms with Crippen molar-refractivity contribution in [1.82, 2.24) is 20.9 Å². The fourth-order valence-electron chi connectivity index (χ4n) is 5.68. The van der Waals surface area contributed by atoms with E-state index in [-0.39, 0.29) is 18.0 Å². The number of aryl methyl sites for hydroxylation is 1. The smallest absolute Gasteiger partial charge is 0.318 e. The van der Waals surface area contributed by atoms with E-state index >= 15 is 0 Å². The molecule has 1 aromatic carbocycles. The summed E-state index contributed by atoms with van der Waals surface area (Å²) in [7, 11) is 0. The van der Waals surface area contributed by atoms with Gasteiger partial charge in [0.05, 0.1) is 25.3 Å². The van der Waals surface area contributed by atoms with Crippen molar-refractivity contribution in [3.8, 4) is 0 Å². The van der Waals surface area contributed by atoms with Gasteiger partial charge in [-0.05, 0) is 43.2 Å². The number of nitrogens with one attached hydrogen (secondary N) is 3. The molecule has 2 aliphatic carbocycles. The third-order valence-corrected chi connectivity index (χ3v) is 7.92. The van der Waals surface area contributed by atoms with E-state index in [0.717, 1.165) is 44.1 Å². The molecule has 1 aliphatic heterocycles. The van der Waals surface area contributed by atoms with Crippen LogP contribution in [0.3, 0.4) is 0 Å². The number of hydrogen-bond donors (Lipinski definition) is 3. The Morgan fingerprint density at radius 1 is 1.08 bits per heavy atom. The first-order valence-corrected chi connectivity index (χ1v) is 13.8. The van der Waals surface area contributed by atoms with Gasteiger partial charge in [-0.2, -0.15) is 0 Å². The van der Waals surface area contributed by atoms with Gasteiger partial charge in [0, 0.05) is 13.1 Å². The van der Waals surface area contributed by atoms with Gasteiger partial charge in [-0.15, -0.1) is 0 Å². The number of benzene rings is 1. The van der Waals surface area contributed by atoms with Crippen LogP contribution in [0.5, 0.6) is 0 Å². The molecule has 4 amide bonds. The van der Waals surface area contributed by atoms with Gasteiger partial charge in [0.15, 0.2) is 0 Å². The number of ether oxygens (including phenoxy) is 1. The van der Waals surface area contributed by atoms with E-state index in [0.29, 0.717) is 52.0 Å². The molecule has 0 bridgehead atoms. The number of morpholine rings is 1. The normalized spacial score (nSPS) is 21.4. The van der Waals surface area contributed by atoms with Crippen LogP contribution in [0.1, 0.15) is 81.9 Å². The summed E-state index contributed by atoms with van der Waals surface area (Å²) in [6.07, 6.45) is 7.15. The van der Waals surface area contributed by atoms with Crippen LogP contribution in [-0.2, 0) is 25.5 Å². The molecular weight excluding hydrogens is 472 g/mol. The number of rotatable bonds is 9. The minimum atomic E-state index is -1.08. The lowest BCUT2D eigenvalue weighted by molar-refractivity contribution is -0.141. The monoisotopic (exact) mass is 512 g/mol. The molecule has 0 spiro atoms. The van der Waals surface area contributed by atoms with Crippen LogP contribution in [0.25, 0.3) is 0 Å². The first kappa shape index (κ1) is 27.1. The molecule has 9 heteroatoms. The molecule has 3 N–H and O–H groups in total. The average Bonchev–Trinajstić information content (AvgIpc) is 3.34. The Labute approximate surface area is 219 Å². The minimum Gasteiger partial charge on any atom is -0.378 e. The molecule has 0 aromatic heterocycles. The van der Waals surface area contributed by atoms with Gasteiger partial charge in [-0.3, -0.25) is 14.4 Å². The van der Waals surface area contributed by atoms with Gasteiger partial charge in [0.25, 0.3) is 5.91 Å². The molecule has 2 atom stereocenters. The summed E-state index contributed by atoms with van der Waals surface area (Å²) in [5.41, 5.74) is 1.15. The molecule has 2 unspecified atom stereocenters. The lowest BCUT2D eigenvalue weighted by Gasteiger charge is -2.39. The molecular formula is C28H40N4O5. The molecule has 37 heavy (non-hydrogen) atoms. The van der Waals surface area contributed by atoms with Gasteiger partial charge in [0.2, 0.25) is 11.7 Å². The number of hydrogen-bond acceptors (Lipinski definition) is 5. The van der Waals surface area contributed by atoms with E-state index in [4.69, 9.17) is 4.74 Å². The average molecular weight is 513 g/mol. The number of Topliss-reactive ketones (excluding diaryl/α,β-unsaturated/α-hetero) is 1. The maximum Gasteiger partial charge on any atom is 0.318 e. The summed E-state index contributed by atoms with van der Waals surface area (Å²) >= 11 is 0. The number of unbranched alkanes of at least 4 members (excludes halogenated alkanes) is 1. The van der Waals surface area contributed by atoms with E-state index in [1.54, 1.807) is 4.90 Å². The Morgan fingerprint density at radius 2 is 1.81 bits per heavy atom. The van der Waals surface area contributed by atoms with E-state index in [2.05, 4.69) is 16.0 Å². The second kappa shape index (κ2) is 12.5. The van der Waals surface area contributed by atoms with Crippen molar-refractivity contribution in [1.29, 1.82) is 0 Å². The number of fused-ring (bicyclic) bond motifs is 1. The highest BCUT2D eigenvalue weighted by Crippen LogP contribution is 2.31. The SMILES string of the molecule is CCCCC(NC(=O)C1(NC(=O)N2CCOCC2)CCCCC1)C(=O)C(=O)NC1CCc2ccccc21. The molecule has 9 nitrogen and oxygen atoms in total. The number of amides is 4. The lowest BCUT2D eigenvalue weighted by Crippen LogP contribution is -2.64. The lowest BCUT2D eigenvalue weighted by atomic mass is 9.80. The van der Waals surface area contributed by atoms with Crippen LogP contribution in [0.4, 0.5) is 4.79 Å². The van der Waals surface area contributed by atoms with Crippen molar-refractivity contribution in [3.63, 3.8) is 0 Å². The Hall–Kier alpha value is -2.94. The third kappa shape index (κ3) is 6.50. The van der Waals surface area contributed by atoms with Gasteiger partial charge >= 0.3 is 6.03 Å². The van der Waals surface area contributed by atoms with Crippen LogP contribution >= 0.6 is 0 Å². The predicted octanol–water partition coefficient (Wildman–Crippen LogP) is 2.78. The van der Waals surface area contributed by atoms with Crippen LogP contribution in [0, 0.1) is 0 Å². The molecule has 2 fully saturated rings. The van der Waals surface area contributed by atoms with Crippen molar-refractivity contribution in [3.05, 3.63) is 35.4 Å². The fraction of sp³-hybridized carbons (Fsp3) is 0.643. The molecule has 1 saturated heterocycles. The van der Waals surface area contributed by atoms with Crippen LogP contribution in [0.2, 0.25) is 0 Å². The number of carbonyl (C=O) groups excluding carboxylic acids is 4. The molecule has 4 rings (SSSR count). The van der Waals surface area contributed by atoms with Crippen molar-refractivity contribution >= 4 is 23.6 Å². The molecule has 1 aromatic rings. The Balaban J connectivity index is 1.44. The molecule has 1 saturated carbocycles. The topological polar surface area (TPSA) is 117 Å². The second-order valence-corrected chi connectivity index (χ2v) is 10.5. The first-order valence-electron chi connectivity index (χ1n) is 13.8. The maximum atomic E-state index is 13.7. The van der Waals surface area contributed by atoms with E-state index in [9.17, 15) is 19.2 Å². The standard InChI is InChI=1S/C28H40N4O5/c1-2-3-11-23(24(33)25(34)29-22-13-12-20-9-5-6-10-21(20)22)30-26(35)28(14-7-4-8-15-28)31-27(36)32-16-18-37-19-17-32/h5-6,9-10,22-23H,2-4,7-8,11-19H2,1H3,(H,29,34)(H,30,35)(H,31,36). The van der Waals surface area contributed by atoms with Gasteiger partial charge in [-0.25, -0.2) is 4.79 Å². The summed E-state index contributed by atoms with van der Waals surface area (Å²) in [6, 6.07) is 6.53. The highest BCUT2D eigenvalue weighted by atomic mass is 16.5.